The zero-order valence-electron chi connectivity index (χ0n) is 13.7. The predicted molar refractivity (Wildman–Crippen MR) is 89.2 cm³/mol. The summed E-state index contributed by atoms with van der Waals surface area (Å²) in [5.74, 6) is 0.223. The number of hydrogen-bond acceptors (Lipinski definition) is 3. The fraction of sp³-hybridized carbons (Fsp3) is 0.632. The van der Waals surface area contributed by atoms with Crippen LogP contribution in [-0.2, 0) is 10.2 Å². The van der Waals surface area contributed by atoms with Crippen molar-refractivity contribution < 1.29 is 9.90 Å². The van der Waals surface area contributed by atoms with Gasteiger partial charge in [-0.3, -0.25) is 4.79 Å². The van der Waals surface area contributed by atoms with Gasteiger partial charge in [-0.2, -0.15) is 0 Å². The van der Waals surface area contributed by atoms with Crippen LogP contribution in [0, 0.1) is 0 Å². The first-order chi connectivity index (χ1) is 11.1. The number of carbonyl (C=O) groups is 1. The molecule has 4 heteroatoms. The summed E-state index contributed by atoms with van der Waals surface area (Å²) in [5, 5.41) is 10.9. The topological polar surface area (TPSA) is 43.8 Å². The van der Waals surface area contributed by atoms with E-state index in [4.69, 9.17) is 0 Å². The molecule has 2 heterocycles. The quantitative estimate of drug-likeness (QED) is 0.921. The summed E-state index contributed by atoms with van der Waals surface area (Å²) in [5.41, 5.74) is 0.118. The van der Waals surface area contributed by atoms with Crippen LogP contribution in [0.1, 0.15) is 37.7 Å². The second-order valence-corrected chi connectivity index (χ2v) is 7.63. The van der Waals surface area contributed by atoms with Crippen LogP contribution in [0.5, 0.6) is 0 Å². The van der Waals surface area contributed by atoms with Crippen molar-refractivity contribution in [3.8, 4) is 0 Å². The fourth-order valence-corrected chi connectivity index (χ4v) is 4.33. The fourth-order valence-electron chi connectivity index (χ4n) is 4.33. The van der Waals surface area contributed by atoms with Gasteiger partial charge in [0.1, 0.15) is 0 Å². The number of benzene rings is 1. The van der Waals surface area contributed by atoms with Gasteiger partial charge in [0.05, 0.1) is 17.6 Å². The Balaban J connectivity index is 1.44. The lowest BCUT2D eigenvalue weighted by Gasteiger charge is -2.29. The number of likely N-dealkylation sites (tertiary alicyclic amines) is 2. The molecule has 1 saturated carbocycles. The SMILES string of the molecule is O=C(N1CC[C@](O)(CN2CCCC2)C1)C1(c2ccccc2)CC1. The summed E-state index contributed by atoms with van der Waals surface area (Å²) in [6, 6.07) is 10.1. The minimum absolute atomic E-state index is 0.223. The van der Waals surface area contributed by atoms with Gasteiger partial charge in [0, 0.05) is 13.1 Å². The molecule has 1 aliphatic carbocycles. The predicted octanol–water partition coefficient (Wildman–Crippen LogP) is 1.78. The molecule has 4 rings (SSSR count). The van der Waals surface area contributed by atoms with E-state index in [-0.39, 0.29) is 11.3 Å². The van der Waals surface area contributed by atoms with Crippen LogP contribution >= 0.6 is 0 Å². The lowest BCUT2D eigenvalue weighted by atomic mass is 9.94. The molecule has 1 amide bonds. The molecule has 0 spiro atoms. The summed E-state index contributed by atoms with van der Waals surface area (Å²) >= 11 is 0. The van der Waals surface area contributed by atoms with E-state index in [1.807, 2.05) is 23.1 Å². The number of β-amino-alcohol motifs (C(OH)–C–C–N with tert-alkyl or cyclic N) is 1. The number of nitrogens with zero attached hydrogens (tertiary/aromatic N) is 2. The van der Waals surface area contributed by atoms with Crippen LogP contribution in [0.3, 0.4) is 0 Å². The molecule has 0 bridgehead atoms. The molecule has 1 atom stereocenters. The van der Waals surface area contributed by atoms with Crippen LogP contribution in [0.2, 0.25) is 0 Å². The van der Waals surface area contributed by atoms with Crippen molar-refractivity contribution in [1.29, 1.82) is 0 Å². The first kappa shape index (κ1) is 15.2. The Labute approximate surface area is 138 Å². The van der Waals surface area contributed by atoms with Crippen molar-refractivity contribution in [2.24, 2.45) is 0 Å². The van der Waals surface area contributed by atoms with E-state index in [0.717, 1.165) is 38.0 Å². The molecule has 2 aliphatic heterocycles. The van der Waals surface area contributed by atoms with E-state index in [9.17, 15) is 9.90 Å². The van der Waals surface area contributed by atoms with Crippen molar-refractivity contribution in [1.82, 2.24) is 9.80 Å². The van der Waals surface area contributed by atoms with Gasteiger partial charge in [0.15, 0.2) is 0 Å². The highest BCUT2D eigenvalue weighted by Gasteiger charge is 2.55. The van der Waals surface area contributed by atoms with Crippen molar-refractivity contribution in [3.05, 3.63) is 35.9 Å². The van der Waals surface area contributed by atoms with Crippen LogP contribution < -0.4 is 0 Å². The van der Waals surface area contributed by atoms with Gasteiger partial charge in [-0.1, -0.05) is 30.3 Å². The number of aliphatic hydroxyl groups is 1. The molecule has 23 heavy (non-hydrogen) atoms. The van der Waals surface area contributed by atoms with E-state index in [0.29, 0.717) is 19.5 Å². The van der Waals surface area contributed by atoms with Crippen molar-refractivity contribution in [3.63, 3.8) is 0 Å². The minimum atomic E-state index is -0.716. The zero-order valence-corrected chi connectivity index (χ0v) is 13.7. The molecule has 3 fully saturated rings. The molecule has 0 radical (unpaired) electrons. The average Bonchev–Trinajstić information content (AvgIpc) is 3.06. The maximum atomic E-state index is 13.1. The van der Waals surface area contributed by atoms with Gasteiger partial charge in [-0.15, -0.1) is 0 Å². The highest BCUT2D eigenvalue weighted by molar-refractivity contribution is 5.91. The minimum Gasteiger partial charge on any atom is -0.387 e. The maximum Gasteiger partial charge on any atom is 0.233 e. The van der Waals surface area contributed by atoms with Crippen LogP contribution in [0.25, 0.3) is 0 Å². The number of rotatable bonds is 4. The van der Waals surface area contributed by atoms with Crippen LogP contribution in [0.15, 0.2) is 30.3 Å². The summed E-state index contributed by atoms with van der Waals surface area (Å²) in [6.45, 7) is 4.08. The standard InChI is InChI=1S/C19H26N2O2/c22-17(19(8-9-19)16-6-2-1-3-7-16)21-13-10-18(23,15-21)14-20-11-4-5-12-20/h1-3,6-7,23H,4-5,8-15H2/t18-/m0/s1. The molecule has 0 aromatic heterocycles. The van der Waals surface area contributed by atoms with Crippen molar-refractivity contribution >= 4 is 5.91 Å². The number of amides is 1. The Morgan fingerprint density at radius 3 is 2.39 bits per heavy atom. The van der Waals surface area contributed by atoms with Crippen molar-refractivity contribution in [2.75, 3.05) is 32.7 Å². The highest BCUT2D eigenvalue weighted by Crippen LogP contribution is 2.50. The van der Waals surface area contributed by atoms with Gasteiger partial charge >= 0.3 is 0 Å². The molecule has 0 unspecified atom stereocenters. The van der Waals surface area contributed by atoms with Gasteiger partial charge in [0.2, 0.25) is 5.91 Å². The Hall–Kier alpha value is -1.39. The molecular weight excluding hydrogens is 288 g/mol. The maximum absolute atomic E-state index is 13.1. The molecular formula is C19H26N2O2. The molecule has 1 aromatic rings. The molecule has 1 N–H and O–H groups in total. The molecule has 3 aliphatic rings. The lowest BCUT2D eigenvalue weighted by molar-refractivity contribution is -0.134. The highest BCUT2D eigenvalue weighted by atomic mass is 16.3. The smallest absolute Gasteiger partial charge is 0.233 e. The Morgan fingerprint density at radius 1 is 1.04 bits per heavy atom. The monoisotopic (exact) mass is 314 g/mol. The second-order valence-electron chi connectivity index (χ2n) is 7.63. The van der Waals surface area contributed by atoms with E-state index in [1.54, 1.807) is 0 Å². The average molecular weight is 314 g/mol. The largest absolute Gasteiger partial charge is 0.387 e. The number of hydrogen-bond donors (Lipinski definition) is 1. The van der Waals surface area contributed by atoms with E-state index >= 15 is 0 Å². The molecule has 1 aromatic carbocycles. The Morgan fingerprint density at radius 2 is 1.74 bits per heavy atom. The van der Waals surface area contributed by atoms with Gasteiger partial charge in [-0.25, -0.2) is 0 Å². The second kappa shape index (κ2) is 5.60. The first-order valence-electron chi connectivity index (χ1n) is 8.91. The van der Waals surface area contributed by atoms with Crippen LogP contribution in [-0.4, -0.2) is 59.1 Å². The first-order valence-corrected chi connectivity index (χ1v) is 8.91. The Bertz CT molecular complexity index is 578. The van der Waals surface area contributed by atoms with Gasteiger partial charge < -0.3 is 14.9 Å². The lowest BCUT2D eigenvalue weighted by Crippen LogP contribution is -2.46. The number of carbonyl (C=O) groups excluding carboxylic acids is 1. The molecule has 2 saturated heterocycles. The zero-order chi connectivity index (χ0) is 15.9. The summed E-state index contributed by atoms with van der Waals surface area (Å²) < 4.78 is 0. The summed E-state index contributed by atoms with van der Waals surface area (Å²) in [7, 11) is 0. The molecule has 4 nitrogen and oxygen atoms in total. The van der Waals surface area contributed by atoms with Gasteiger partial charge in [0.25, 0.3) is 0 Å². The third-order valence-electron chi connectivity index (χ3n) is 5.82. The summed E-state index contributed by atoms with van der Waals surface area (Å²) in [4.78, 5) is 17.3. The van der Waals surface area contributed by atoms with E-state index < -0.39 is 5.60 Å². The van der Waals surface area contributed by atoms with Crippen molar-refractivity contribution in [2.45, 2.75) is 43.1 Å². The van der Waals surface area contributed by atoms with E-state index in [2.05, 4.69) is 17.0 Å². The van der Waals surface area contributed by atoms with Crippen LogP contribution in [0.4, 0.5) is 0 Å². The normalized spacial score (nSPS) is 29.9. The summed E-state index contributed by atoms with van der Waals surface area (Å²) in [6.07, 6.45) is 5.06. The third-order valence-corrected chi connectivity index (χ3v) is 5.82. The third kappa shape index (κ3) is 2.79. The molecule has 124 valence electrons. The Kier molecular flexibility index (Phi) is 3.69. The van der Waals surface area contributed by atoms with Gasteiger partial charge in [-0.05, 0) is 50.8 Å². The van der Waals surface area contributed by atoms with E-state index in [1.165, 1.54) is 12.8 Å².